The third-order valence-electron chi connectivity index (χ3n) is 5.53. The minimum atomic E-state index is -1.22. The number of nitrogens with zero attached hydrogens (tertiary/aromatic N) is 2. The van der Waals surface area contributed by atoms with Gasteiger partial charge in [0.15, 0.2) is 0 Å². The SMILES string of the molecule is CN1C(=O)[C@]2(C)[C@H](c3ccccc31)[C@@H](C(N)=O)CN2C(=O)OCC(C)(C)C. The average molecular weight is 373 g/mol. The van der Waals surface area contributed by atoms with Crippen LogP contribution in [0.1, 0.15) is 39.2 Å². The number of benzene rings is 1. The number of hydrogen-bond donors (Lipinski definition) is 1. The van der Waals surface area contributed by atoms with Gasteiger partial charge in [-0.05, 0) is 24.0 Å². The Hall–Kier alpha value is -2.57. The van der Waals surface area contributed by atoms with Crippen LogP contribution in [0.2, 0.25) is 0 Å². The molecule has 0 aromatic heterocycles. The monoisotopic (exact) mass is 373 g/mol. The molecule has 1 fully saturated rings. The predicted octanol–water partition coefficient (Wildman–Crippen LogP) is 2.11. The van der Waals surface area contributed by atoms with Crippen LogP contribution in [0, 0.1) is 11.3 Å². The molecule has 1 aromatic carbocycles. The first-order valence-electron chi connectivity index (χ1n) is 9.09. The Morgan fingerprint density at radius 3 is 2.52 bits per heavy atom. The number of rotatable bonds is 2. The zero-order valence-corrected chi connectivity index (χ0v) is 16.5. The molecule has 3 rings (SSSR count). The molecular weight excluding hydrogens is 346 g/mol. The van der Waals surface area contributed by atoms with Crippen molar-refractivity contribution in [1.82, 2.24) is 4.90 Å². The van der Waals surface area contributed by atoms with Crippen molar-refractivity contribution in [1.29, 1.82) is 0 Å². The number of ether oxygens (including phenoxy) is 1. The lowest BCUT2D eigenvalue weighted by Crippen LogP contribution is -2.61. The normalized spacial score (nSPS) is 27.2. The second-order valence-electron chi connectivity index (χ2n) is 8.78. The third kappa shape index (κ3) is 2.95. The van der Waals surface area contributed by atoms with Crippen molar-refractivity contribution in [2.75, 3.05) is 25.1 Å². The van der Waals surface area contributed by atoms with E-state index in [4.69, 9.17) is 10.5 Å². The zero-order valence-electron chi connectivity index (χ0n) is 16.5. The van der Waals surface area contributed by atoms with E-state index in [9.17, 15) is 14.4 Å². The van der Waals surface area contributed by atoms with Crippen LogP contribution in [0.5, 0.6) is 0 Å². The second kappa shape index (κ2) is 6.25. The molecule has 146 valence electrons. The second-order valence-corrected chi connectivity index (χ2v) is 8.78. The number of anilines is 1. The molecule has 2 heterocycles. The van der Waals surface area contributed by atoms with Gasteiger partial charge in [-0.2, -0.15) is 0 Å². The van der Waals surface area contributed by atoms with Gasteiger partial charge in [0.05, 0.1) is 12.5 Å². The van der Waals surface area contributed by atoms with E-state index < -0.39 is 29.4 Å². The lowest BCUT2D eigenvalue weighted by atomic mass is 9.72. The Morgan fingerprint density at radius 1 is 1.30 bits per heavy atom. The lowest BCUT2D eigenvalue weighted by molar-refractivity contribution is -0.129. The summed E-state index contributed by atoms with van der Waals surface area (Å²) >= 11 is 0. The van der Waals surface area contributed by atoms with Gasteiger partial charge in [-0.25, -0.2) is 4.79 Å². The number of hydrogen-bond acceptors (Lipinski definition) is 4. The predicted molar refractivity (Wildman–Crippen MR) is 101 cm³/mol. The van der Waals surface area contributed by atoms with Crippen LogP contribution in [0.3, 0.4) is 0 Å². The highest BCUT2D eigenvalue weighted by Gasteiger charge is 2.63. The molecule has 7 heteroatoms. The first-order chi connectivity index (χ1) is 12.5. The largest absolute Gasteiger partial charge is 0.449 e. The van der Waals surface area contributed by atoms with Crippen molar-refractivity contribution in [3.8, 4) is 0 Å². The minimum absolute atomic E-state index is 0.0629. The molecule has 3 atom stereocenters. The van der Waals surface area contributed by atoms with Gasteiger partial charge in [0.25, 0.3) is 5.91 Å². The van der Waals surface area contributed by atoms with Crippen molar-refractivity contribution >= 4 is 23.6 Å². The Bertz CT molecular complexity index is 801. The summed E-state index contributed by atoms with van der Waals surface area (Å²) in [4.78, 5) is 41.3. The molecule has 27 heavy (non-hydrogen) atoms. The molecule has 3 amide bonds. The first kappa shape index (κ1) is 19.2. The topological polar surface area (TPSA) is 92.9 Å². The van der Waals surface area contributed by atoms with Crippen molar-refractivity contribution < 1.29 is 19.1 Å². The van der Waals surface area contributed by atoms with Gasteiger partial charge in [0, 0.05) is 25.2 Å². The molecule has 2 aliphatic rings. The highest BCUT2D eigenvalue weighted by atomic mass is 16.6. The molecule has 2 aliphatic heterocycles. The zero-order chi connectivity index (χ0) is 20.1. The van der Waals surface area contributed by atoms with E-state index in [0.29, 0.717) is 0 Å². The number of amides is 3. The number of primary amides is 1. The number of likely N-dealkylation sites (tertiary alicyclic amines) is 1. The fourth-order valence-corrected chi connectivity index (χ4v) is 4.20. The van der Waals surface area contributed by atoms with E-state index in [1.165, 1.54) is 4.90 Å². The average Bonchev–Trinajstić information content (AvgIpc) is 2.92. The maximum absolute atomic E-state index is 13.3. The minimum Gasteiger partial charge on any atom is -0.449 e. The van der Waals surface area contributed by atoms with Crippen LogP contribution < -0.4 is 10.6 Å². The van der Waals surface area contributed by atoms with Gasteiger partial charge in [-0.3, -0.25) is 14.5 Å². The lowest BCUT2D eigenvalue weighted by Gasteiger charge is -2.45. The van der Waals surface area contributed by atoms with Crippen molar-refractivity contribution in [3.63, 3.8) is 0 Å². The molecule has 7 nitrogen and oxygen atoms in total. The number of carbonyl (C=O) groups is 3. The van der Waals surface area contributed by atoms with Crippen LogP contribution >= 0.6 is 0 Å². The van der Waals surface area contributed by atoms with Gasteiger partial charge in [-0.1, -0.05) is 39.0 Å². The summed E-state index contributed by atoms with van der Waals surface area (Å²) in [5.41, 5.74) is 5.81. The fourth-order valence-electron chi connectivity index (χ4n) is 4.20. The van der Waals surface area contributed by atoms with E-state index in [1.54, 1.807) is 18.9 Å². The van der Waals surface area contributed by atoms with Crippen molar-refractivity contribution in [2.24, 2.45) is 17.1 Å². The van der Waals surface area contributed by atoms with Gasteiger partial charge < -0.3 is 15.4 Å². The van der Waals surface area contributed by atoms with E-state index in [1.807, 2.05) is 45.0 Å². The van der Waals surface area contributed by atoms with Crippen LogP contribution in [0.25, 0.3) is 0 Å². The molecular formula is C20H27N3O4. The molecule has 0 radical (unpaired) electrons. The maximum atomic E-state index is 13.3. The summed E-state index contributed by atoms with van der Waals surface area (Å²) < 4.78 is 5.47. The Kier molecular flexibility index (Phi) is 4.44. The van der Waals surface area contributed by atoms with Crippen LogP contribution in [0.4, 0.5) is 10.5 Å². The van der Waals surface area contributed by atoms with Gasteiger partial charge in [0.2, 0.25) is 5.91 Å². The third-order valence-corrected chi connectivity index (χ3v) is 5.53. The summed E-state index contributed by atoms with van der Waals surface area (Å²) in [5.74, 6) is -1.93. The van der Waals surface area contributed by atoms with Crippen LogP contribution in [-0.4, -0.2) is 48.5 Å². The summed E-state index contributed by atoms with van der Waals surface area (Å²) in [6, 6.07) is 7.43. The number of carbonyl (C=O) groups excluding carboxylic acids is 3. The van der Waals surface area contributed by atoms with Gasteiger partial charge >= 0.3 is 6.09 Å². The van der Waals surface area contributed by atoms with Crippen LogP contribution in [-0.2, 0) is 14.3 Å². The molecule has 2 N–H and O–H groups in total. The molecule has 1 saturated heterocycles. The van der Waals surface area contributed by atoms with E-state index >= 15 is 0 Å². The van der Waals surface area contributed by atoms with Crippen molar-refractivity contribution in [3.05, 3.63) is 29.8 Å². The molecule has 0 saturated carbocycles. The van der Waals surface area contributed by atoms with Gasteiger partial charge in [0.1, 0.15) is 5.54 Å². The van der Waals surface area contributed by atoms with Gasteiger partial charge in [-0.15, -0.1) is 0 Å². The van der Waals surface area contributed by atoms with E-state index in [0.717, 1.165) is 11.3 Å². The van der Waals surface area contributed by atoms with Crippen molar-refractivity contribution in [2.45, 2.75) is 39.2 Å². The quantitative estimate of drug-likeness (QED) is 0.859. The summed E-state index contributed by atoms with van der Waals surface area (Å²) in [7, 11) is 1.68. The Morgan fingerprint density at radius 2 is 1.93 bits per heavy atom. The standard InChI is InChI=1S/C20H27N3O4/c1-19(2,3)11-27-18(26)23-10-13(16(21)24)15-12-8-6-7-9-14(12)22(5)17(25)20(15,23)4/h6-9,13,15H,10-11H2,1-5H3,(H2,21,24)/t13-,15+,20-/m0/s1. The highest BCUT2D eigenvalue weighted by Crippen LogP contribution is 2.52. The molecule has 0 aliphatic carbocycles. The number of nitrogens with two attached hydrogens (primary N) is 1. The first-order valence-corrected chi connectivity index (χ1v) is 9.09. The maximum Gasteiger partial charge on any atom is 0.410 e. The van der Waals surface area contributed by atoms with E-state index in [2.05, 4.69) is 0 Å². The van der Waals surface area contributed by atoms with E-state index in [-0.39, 0.29) is 24.5 Å². The number of fused-ring (bicyclic) bond motifs is 3. The Balaban J connectivity index is 2.06. The van der Waals surface area contributed by atoms with Crippen LogP contribution in [0.15, 0.2) is 24.3 Å². The summed E-state index contributed by atoms with van der Waals surface area (Å²) in [6.07, 6.45) is -0.595. The fraction of sp³-hybridized carbons (Fsp3) is 0.550. The molecule has 0 spiro atoms. The number of para-hydroxylation sites is 1. The Labute approximate surface area is 159 Å². The summed E-state index contributed by atoms with van der Waals surface area (Å²) in [6.45, 7) is 7.84. The number of likely N-dealkylation sites (N-methyl/N-ethyl adjacent to an activating group) is 1. The smallest absolute Gasteiger partial charge is 0.410 e. The molecule has 0 bridgehead atoms. The summed E-state index contributed by atoms with van der Waals surface area (Å²) in [5, 5.41) is 0. The molecule has 1 aromatic rings. The highest BCUT2D eigenvalue weighted by molar-refractivity contribution is 6.06. The molecule has 0 unspecified atom stereocenters.